The van der Waals surface area contributed by atoms with Crippen LogP contribution in [0, 0.1) is 6.07 Å². The van der Waals surface area contributed by atoms with Crippen molar-refractivity contribution in [1.82, 2.24) is 0 Å². The molecule has 2 aromatic carbocycles. The zero-order valence-corrected chi connectivity index (χ0v) is 9.25. The molecule has 1 nitrogen and oxygen atoms in total. The number of methoxy groups -OCH3 is 1. The van der Waals surface area contributed by atoms with E-state index in [2.05, 4.69) is 18.2 Å². The summed E-state index contributed by atoms with van der Waals surface area (Å²) in [4.78, 5) is 2.21. The van der Waals surface area contributed by atoms with Crippen LogP contribution in [0.1, 0.15) is 0 Å². The molecule has 0 heterocycles. The first-order valence-corrected chi connectivity index (χ1v) is 5.49. The van der Waals surface area contributed by atoms with E-state index in [1.807, 2.05) is 36.4 Å². The Morgan fingerprint density at radius 3 is 2.60 bits per heavy atom. The summed E-state index contributed by atoms with van der Waals surface area (Å²) in [5.74, 6) is 0.867. The van der Waals surface area contributed by atoms with Crippen LogP contribution in [0.25, 0.3) is 0 Å². The fourth-order valence-corrected chi connectivity index (χ4v) is 2.16. The molecule has 0 spiro atoms. The summed E-state index contributed by atoms with van der Waals surface area (Å²) in [5, 5.41) is 0. The zero-order chi connectivity index (χ0) is 10.5. The van der Waals surface area contributed by atoms with Crippen molar-refractivity contribution in [1.29, 1.82) is 0 Å². The molecule has 0 aliphatic heterocycles. The van der Waals surface area contributed by atoms with Crippen LogP contribution < -0.4 is 4.74 Å². The van der Waals surface area contributed by atoms with Gasteiger partial charge in [-0.2, -0.15) is 0 Å². The fourth-order valence-electron chi connectivity index (χ4n) is 1.25. The molecule has 0 saturated heterocycles. The Labute approximate surface area is 94.1 Å². The van der Waals surface area contributed by atoms with Gasteiger partial charge < -0.3 is 4.74 Å². The molecular formula is C13H11OS. The van der Waals surface area contributed by atoms with Gasteiger partial charge in [0.05, 0.1) is 12.0 Å². The molecule has 0 aromatic heterocycles. The summed E-state index contributed by atoms with van der Waals surface area (Å²) in [5.41, 5.74) is 0. The first kappa shape index (κ1) is 10.1. The minimum atomic E-state index is 0.867. The van der Waals surface area contributed by atoms with Crippen LogP contribution >= 0.6 is 11.8 Å². The summed E-state index contributed by atoms with van der Waals surface area (Å²) >= 11 is 1.66. The molecule has 0 bridgehead atoms. The van der Waals surface area contributed by atoms with Gasteiger partial charge in [-0.05, 0) is 18.2 Å². The smallest absolute Gasteiger partial charge is 0.133 e. The van der Waals surface area contributed by atoms with Crippen LogP contribution in [0.4, 0.5) is 0 Å². The molecule has 0 N–H and O–H groups in total. The molecule has 0 saturated carbocycles. The third kappa shape index (κ3) is 2.54. The van der Waals surface area contributed by atoms with E-state index in [0.29, 0.717) is 0 Å². The minimum Gasteiger partial charge on any atom is -0.496 e. The van der Waals surface area contributed by atoms with Gasteiger partial charge in [0, 0.05) is 11.0 Å². The Balaban J connectivity index is 2.24. The molecule has 2 heteroatoms. The van der Waals surface area contributed by atoms with Gasteiger partial charge >= 0.3 is 0 Å². The van der Waals surface area contributed by atoms with Crippen molar-refractivity contribution < 1.29 is 4.74 Å². The van der Waals surface area contributed by atoms with Crippen LogP contribution in [0.2, 0.25) is 0 Å². The van der Waals surface area contributed by atoms with Crippen LogP contribution in [0.3, 0.4) is 0 Å². The maximum atomic E-state index is 5.27. The van der Waals surface area contributed by atoms with Crippen LogP contribution in [0.15, 0.2) is 58.3 Å². The van der Waals surface area contributed by atoms with E-state index in [9.17, 15) is 0 Å². The number of benzene rings is 2. The van der Waals surface area contributed by atoms with E-state index >= 15 is 0 Å². The summed E-state index contributed by atoms with van der Waals surface area (Å²) in [6.07, 6.45) is 0. The highest BCUT2D eigenvalue weighted by molar-refractivity contribution is 7.99. The van der Waals surface area contributed by atoms with Crippen molar-refractivity contribution in [3.63, 3.8) is 0 Å². The SMILES string of the molecule is COc1ccc[c]c1Sc1ccccc1. The normalized spacial score (nSPS) is 9.93. The molecule has 0 aliphatic rings. The summed E-state index contributed by atoms with van der Waals surface area (Å²) in [6, 6.07) is 19.2. The molecule has 0 amide bonds. The predicted octanol–water partition coefficient (Wildman–Crippen LogP) is 3.65. The van der Waals surface area contributed by atoms with Gasteiger partial charge in [0.2, 0.25) is 0 Å². The lowest BCUT2D eigenvalue weighted by molar-refractivity contribution is 0.404. The van der Waals surface area contributed by atoms with Gasteiger partial charge in [0.15, 0.2) is 0 Å². The number of ether oxygens (including phenoxy) is 1. The van der Waals surface area contributed by atoms with Crippen LogP contribution in [-0.2, 0) is 0 Å². The standard InChI is InChI=1S/C13H11OS/c1-14-12-9-5-6-10-13(12)15-11-7-3-2-4-8-11/h2-9H,1H3. The first-order valence-electron chi connectivity index (χ1n) is 4.68. The molecule has 0 unspecified atom stereocenters. The molecular weight excluding hydrogens is 204 g/mol. The molecule has 75 valence electrons. The van der Waals surface area contributed by atoms with Crippen molar-refractivity contribution >= 4 is 11.8 Å². The Hall–Kier alpha value is -1.41. The number of hydrogen-bond donors (Lipinski definition) is 0. The molecule has 2 aromatic rings. The second-order valence-corrected chi connectivity index (χ2v) is 4.07. The quantitative estimate of drug-likeness (QED) is 0.773. The lowest BCUT2D eigenvalue weighted by Crippen LogP contribution is -1.85. The second-order valence-electron chi connectivity index (χ2n) is 2.98. The zero-order valence-electron chi connectivity index (χ0n) is 8.44. The molecule has 15 heavy (non-hydrogen) atoms. The molecule has 0 fully saturated rings. The third-order valence-corrected chi connectivity index (χ3v) is 3.00. The topological polar surface area (TPSA) is 9.23 Å². The average molecular weight is 215 g/mol. The fraction of sp³-hybridized carbons (Fsp3) is 0.0769. The lowest BCUT2D eigenvalue weighted by Gasteiger charge is -2.06. The van der Waals surface area contributed by atoms with E-state index in [1.54, 1.807) is 18.9 Å². The number of hydrogen-bond acceptors (Lipinski definition) is 2. The largest absolute Gasteiger partial charge is 0.496 e. The second kappa shape index (κ2) is 4.89. The van der Waals surface area contributed by atoms with E-state index in [-0.39, 0.29) is 0 Å². The Bertz CT molecular complexity index is 426. The monoisotopic (exact) mass is 215 g/mol. The van der Waals surface area contributed by atoms with Gasteiger partial charge in [0.25, 0.3) is 0 Å². The minimum absolute atomic E-state index is 0.867. The summed E-state index contributed by atoms with van der Waals surface area (Å²) in [7, 11) is 1.68. The van der Waals surface area contributed by atoms with Gasteiger partial charge in [-0.15, -0.1) is 0 Å². The van der Waals surface area contributed by atoms with Gasteiger partial charge in [-0.25, -0.2) is 0 Å². The molecule has 0 aliphatic carbocycles. The Morgan fingerprint density at radius 1 is 1.07 bits per heavy atom. The maximum absolute atomic E-state index is 5.27. The molecule has 1 radical (unpaired) electrons. The maximum Gasteiger partial charge on any atom is 0.133 e. The van der Waals surface area contributed by atoms with Crippen molar-refractivity contribution in [2.45, 2.75) is 9.79 Å². The summed E-state index contributed by atoms with van der Waals surface area (Å²) in [6.45, 7) is 0. The van der Waals surface area contributed by atoms with Crippen molar-refractivity contribution in [2.75, 3.05) is 7.11 Å². The average Bonchev–Trinajstić information content (AvgIpc) is 2.31. The van der Waals surface area contributed by atoms with Crippen molar-refractivity contribution in [3.8, 4) is 5.75 Å². The van der Waals surface area contributed by atoms with E-state index in [1.165, 1.54) is 4.90 Å². The highest BCUT2D eigenvalue weighted by Gasteiger charge is 2.03. The van der Waals surface area contributed by atoms with E-state index in [0.717, 1.165) is 10.6 Å². The van der Waals surface area contributed by atoms with Crippen LogP contribution in [-0.4, -0.2) is 7.11 Å². The predicted molar refractivity (Wildman–Crippen MR) is 62.4 cm³/mol. The lowest BCUT2D eigenvalue weighted by atomic mass is 10.3. The molecule has 0 atom stereocenters. The van der Waals surface area contributed by atoms with Gasteiger partial charge in [0.1, 0.15) is 5.75 Å². The summed E-state index contributed by atoms with van der Waals surface area (Å²) < 4.78 is 5.27. The number of rotatable bonds is 3. The molecule has 2 rings (SSSR count). The van der Waals surface area contributed by atoms with Crippen molar-refractivity contribution in [2.24, 2.45) is 0 Å². The Morgan fingerprint density at radius 2 is 1.87 bits per heavy atom. The van der Waals surface area contributed by atoms with Crippen molar-refractivity contribution in [3.05, 3.63) is 54.6 Å². The van der Waals surface area contributed by atoms with E-state index < -0.39 is 0 Å². The third-order valence-electron chi connectivity index (χ3n) is 1.97. The first-order chi connectivity index (χ1) is 7.40. The van der Waals surface area contributed by atoms with Gasteiger partial charge in [-0.1, -0.05) is 42.1 Å². The van der Waals surface area contributed by atoms with Gasteiger partial charge in [-0.3, -0.25) is 0 Å². The Kier molecular flexibility index (Phi) is 3.30. The highest BCUT2D eigenvalue weighted by atomic mass is 32.2. The highest BCUT2D eigenvalue weighted by Crippen LogP contribution is 2.33. The van der Waals surface area contributed by atoms with Crippen LogP contribution in [0.5, 0.6) is 5.75 Å². The van der Waals surface area contributed by atoms with E-state index in [4.69, 9.17) is 4.74 Å².